The van der Waals surface area contributed by atoms with Crippen LogP contribution in [0, 0.1) is 0 Å². The first-order chi connectivity index (χ1) is 10.2. The summed E-state index contributed by atoms with van der Waals surface area (Å²) < 4.78 is 0.827. The van der Waals surface area contributed by atoms with E-state index in [1.807, 2.05) is 24.3 Å². The van der Waals surface area contributed by atoms with Crippen molar-refractivity contribution in [2.75, 3.05) is 26.2 Å². The molecule has 1 aliphatic heterocycles. The summed E-state index contributed by atoms with van der Waals surface area (Å²) in [5, 5.41) is 2.81. The molecule has 6 heteroatoms. The van der Waals surface area contributed by atoms with Crippen LogP contribution in [0.1, 0.15) is 28.8 Å². The third-order valence-corrected chi connectivity index (χ3v) is 4.94. The first kappa shape index (κ1) is 16.7. The Balaban J connectivity index is 1.82. The molecular weight excluding hydrogens is 379 g/mol. The summed E-state index contributed by atoms with van der Waals surface area (Å²) in [6, 6.07) is 7.88. The van der Waals surface area contributed by atoms with Crippen molar-refractivity contribution in [1.29, 1.82) is 0 Å². The number of piperidine rings is 1. The van der Waals surface area contributed by atoms with Crippen LogP contribution in [0.3, 0.4) is 0 Å². The van der Waals surface area contributed by atoms with Gasteiger partial charge in [0.15, 0.2) is 0 Å². The van der Waals surface area contributed by atoms with Crippen molar-refractivity contribution in [2.24, 2.45) is 5.84 Å². The van der Waals surface area contributed by atoms with Gasteiger partial charge in [-0.15, -0.1) is 0 Å². The van der Waals surface area contributed by atoms with E-state index in [1.165, 1.54) is 31.5 Å². The number of hydrogen-bond acceptors (Lipinski definition) is 4. The molecule has 1 heterocycles. The van der Waals surface area contributed by atoms with Gasteiger partial charge in [-0.25, -0.2) is 0 Å². The van der Waals surface area contributed by atoms with Gasteiger partial charge < -0.3 is 5.32 Å². The van der Waals surface area contributed by atoms with Crippen molar-refractivity contribution in [3.05, 3.63) is 35.4 Å². The highest BCUT2D eigenvalue weighted by atomic mass is 127. The molecule has 1 aromatic rings. The number of hydrazine groups is 1. The van der Waals surface area contributed by atoms with Crippen LogP contribution in [0.5, 0.6) is 0 Å². The number of nitrogens with two attached hydrogens (primary N) is 1. The molecule has 116 valence electrons. The predicted octanol–water partition coefficient (Wildman–Crippen LogP) is 1.28. The fourth-order valence-electron chi connectivity index (χ4n) is 2.43. The summed E-state index contributed by atoms with van der Waals surface area (Å²) in [6.07, 6.45) is 2.55. The van der Waals surface area contributed by atoms with Gasteiger partial charge in [0.2, 0.25) is 0 Å². The van der Waals surface area contributed by atoms with Crippen LogP contribution in [-0.4, -0.2) is 40.9 Å². The molecule has 0 atom stereocenters. The Morgan fingerprint density at radius 3 is 2.52 bits per heavy atom. The van der Waals surface area contributed by atoms with E-state index in [-0.39, 0.29) is 5.91 Å². The van der Waals surface area contributed by atoms with Crippen molar-refractivity contribution < 1.29 is 4.79 Å². The Morgan fingerprint density at radius 1 is 1.24 bits per heavy atom. The number of nitrogens with zero attached hydrogens (tertiary/aromatic N) is 1. The van der Waals surface area contributed by atoms with E-state index in [0.29, 0.717) is 18.7 Å². The third-order valence-electron chi connectivity index (χ3n) is 3.69. The molecule has 5 nitrogen and oxygen atoms in total. The number of benzene rings is 1. The Hall–Kier alpha value is -0.700. The Kier molecular flexibility index (Phi) is 6.88. The molecule has 0 aliphatic carbocycles. The molecule has 2 rings (SSSR count). The maximum atomic E-state index is 11.9. The van der Waals surface area contributed by atoms with Gasteiger partial charge >= 0.3 is 0 Å². The molecule has 0 spiro atoms. The van der Waals surface area contributed by atoms with Gasteiger partial charge in [0, 0.05) is 29.1 Å². The topological polar surface area (TPSA) is 70.4 Å². The number of halogens is 1. The summed E-state index contributed by atoms with van der Waals surface area (Å²) in [7, 11) is 0. The van der Waals surface area contributed by atoms with E-state index in [2.05, 4.69) is 38.2 Å². The summed E-state index contributed by atoms with van der Waals surface area (Å²) in [4.78, 5) is 14.3. The minimum atomic E-state index is -0.0532. The largest absolute Gasteiger partial charge is 0.351 e. The number of likely N-dealkylation sites (tertiary alicyclic amines) is 1. The molecule has 1 amide bonds. The van der Waals surface area contributed by atoms with Gasteiger partial charge in [-0.3, -0.25) is 21.0 Å². The lowest BCUT2D eigenvalue weighted by atomic mass is 10.1. The van der Waals surface area contributed by atoms with Gasteiger partial charge in [-0.1, -0.05) is 34.7 Å². The molecule has 1 aromatic carbocycles. The number of alkyl halides is 1. The third kappa shape index (κ3) is 5.54. The molecule has 1 fully saturated rings. The number of nitrogens with one attached hydrogen (secondary N) is 2. The second-order valence-electron chi connectivity index (χ2n) is 5.36. The highest BCUT2D eigenvalue weighted by Crippen LogP contribution is 2.19. The lowest BCUT2D eigenvalue weighted by Crippen LogP contribution is -2.34. The summed E-state index contributed by atoms with van der Waals surface area (Å²) in [6.45, 7) is 4.41. The second-order valence-corrected chi connectivity index (χ2v) is 7.12. The first-order valence-corrected chi connectivity index (χ1v) is 8.60. The number of amides is 1. The van der Waals surface area contributed by atoms with Crippen LogP contribution in [0.15, 0.2) is 24.3 Å². The quantitative estimate of drug-likeness (QED) is 0.221. The molecular formula is C15H23IN4O. The zero-order valence-electron chi connectivity index (χ0n) is 12.1. The smallest absolute Gasteiger partial charge is 0.251 e. The van der Waals surface area contributed by atoms with E-state index in [9.17, 15) is 4.79 Å². The predicted molar refractivity (Wildman–Crippen MR) is 93.3 cm³/mol. The van der Waals surface area contributed by atoms with Crippen LogP contribution >= 0.6 is 22.6 Å². The maximum absolute atomic E-state index is 11.9. The highest BCUT2D eigenvalue weighted by Gasteiger charge is 2.16. The average molecular weight is 402 g/mol. The van der Waals surface area contributed by atoms with E-state index in [1.54, 1.807) is 0 Å². The Labute approximate surface area is 139 Å². The summed E-state index contributed by atoms with van der Waals surface area (Å²) in [5.74, 6) is 5.11. The molecule has 1 aliphatic rings. The molecule has 21 heavy (non-hydrogen) atoms. The zero-order chi connectivity index (χ0) is 15.1. The van der Waals surface area contributed by atoms with Gasteiger partial charge in [0.1, 0.15) is 0 Å². The SMILES string of the molecule is NNCCNC(=O)c1ccc(CN2CCC(I)CC2)cc1. The van der Waals surface area contributed by atoms with Crippen LogP contribution in [0.2, 0.25) is 0 Å². The molecule has 4 N–H and O–H groups in total. The number of hydrogen-bond donors (Lipinski definition) is 3. The van der Waals surface area contributed by atoms with Crippen LogP contribution in [-0.2, 0) is 6.54 Å². The van der Waals surface area contributed by atoms with Gasteiger partial charge in [-0.05, 0) is 43.6 Å². The molecule has 0 saturated carbocycles. The highest BCUT2D eigenvalue weighted by molar-refractivity contribution is 14.1. The molecule has 0 bridgehead atoms. The van der Waals surface area contributed by atoms with E-state index in [0.717, 1.165) is 10.5 Å². The first-order valence-electron chi connectivity index (χ1n) is 7.36. The van der Waals surface area contributed by atoms with E-state index in [4.69, 9.17) is 5.84 Å². The van der Waals surface area contributed by atoms with Gasteiger partial charge in [-0.2, -0.15) is 0 Å². The van der Waals surface area contributed by atoms with E-state index < -0.39 is 0 Å². The number of carbonyl (C=O) groups excluding carboxylic acids is 1. The van der Waals surface area contributed by atoms with E-state index >= 15 is 0 Å². The van der Waals surface area contributed by atoms with Crippen molar-refractivity contribution in [3.63, 3.8) is 0 Å². The van der Waals surface area contributed by atoms with Crippen molar-refractivity contribution in [1.82, 2.24) is 15.6 Å². The number of carbonyl (C=O) groups is 1. The fraction of sp³-hybridized carbons (Fsp3) is 0.533. The minimum Gasteiger partial charge on any atom is -0.351 e. The zero-order valence-corrected chi connectivity index (χ0v) is 14.3. The van der Waals surface area contributed by atoms with Crippen LogP contribution in [0.25, 0.3) is 0 Å². The standard InChI is InChI=1S/C15H23IN4O/c16-14-5-9-20(10-6-14)11-12-1-3-13(4-2-12)15(21)18-7-8-19-17/h1-4,14,19H,5-11,17H2,(H,18,21). The summed E-state index contributed by atoms with van der Waals surface area (Å²) in [5.41, 5.74) is 4.47. The normalized spacial score (nSPS) is 16.9. The lowest BCUT2D eigenvalue weighted by molar-refractivity contribution is 0.0954. The minimum absolute atomic E-state index is 0.0532. The molecule has 0 radical (unpaired) electrons. The van der Waals surface area contributed by atoms with Crippen molar-refractivity contribution in [3.8, 4) is 0 Å². The molecule has 0 unspecified atom stereocenters. The van der Waals surface area contributed by atoms with Gasteiger partial charge in [0.05, 0.1) is 0 Å². The Bertz CT molecular complexity index is 443. The fourth-order valence-corrected chi connectivity index (χ4v) is 2.99. The lowest BCUT2D eigenvalue weighted by Gasteiger charge is -2.29. The van der Waals surface area contributed by atoms with Crippen LogP contribution < -0.4 is 16.6 Å². The Morgan fingerprint density at radius 2 is 1.90 bits per heavy atom. The maximum Gasteiger partial charge on any atom is 0.251 e. The van der Waals surface area contributed by atoms with Crippen LogP contribution in [0.4, 0.5) is 0 Å². The second kappa shape index (κ2) is 8.67. The monoisotopic (exact) mass is 402 g/mol. The molecule has 0 aromatic heterocycles. The summed E-state index contributed by atoms with van der Waals surface area (Å²) >= 11 is 2.54. The molecule has 1 saturated heterocycles. The number of rotatable bonds is 6. The average Bonchev–Trinajstić information content (AvgIpc) is 2.50. The van der Waals surface area contributed by atoms with Gasteiger partial charge in [0.25, 0.3) is 5.91 Å². The van der Waals surface area contributed by atoms with Crippen molar-refractivity contribution in [2.45, 2.75) is 23.3 Å². The van der Waals surface area contributed by atoms with Crippen molar-refractivity contribution >= 4 is 28.5 Å².